The third-order valence-electron chi connectivity index (χ3n) is 6.89. The molecule has 3 aromatic rings. The maximum atomic E-state index is 9.98. The summed E-state index contributed by atoms with van der Waals surface area (Å²) in [5.41, 5.74) is 2.88. The number of hydrogen-bond acceptors (Lipinski definition) is 9. The fourth-order valence-electron chi connectivity index (χ4n) is 4.64. The van der Waals surface area contributed by atoms with Crippen molar-refractivity contribution in [2.75, 3.05) is 18.5 Å². The molecule has 2 heterocycles. The zero-order valence-electron chi connectivity index (χ0n) is 23.6. The van der Waals surface area contributed by atoms with E-state index in [1.165, 1.54) is 13.3 Å². The Kier molecular flexibility index (Phi) is 10.2. The molecule has 4 rings (SSSR count). The van der Waals surface area contributed by atoms with E-state index >= 15 is 0 Å². The lowest BCUT2D eigenvalue weighted by Crippen LogP contribution is -2.27. The van der Waals surface area contributed by atoms with E-state index in [9.17, 15) is 5.11 Å². The zero-order chi connectivity index (χ0) is 29.4. The normalized spacial score (nSPS) is 15.0. The minimum Gasteiger partial charge on any atom is -0.512 e. The first-order valence-electron chi connectivity index (χ1n) is 13.7. The van der Waals surface area contributed by atoms with E-state index in [4.69, 9.17) is 37.0 Å². The van der Waals surface area contributed by atoms with Gasteiger partial charge in [0.15, 0.2) is 0 Å². The summed E-state index contributed by atoms with van der Waals surface area (Å²) < 4.78 is 13.9. The Labute approximate surface area is 245 Å². The summed E-state index contributed by atoms with van der Waals surface area (Å²) in [6.45, 7) is 5.54. The summed E-state index contributed by atoms with van der Waals surface area (Å²) in [4.78, 5) is 9.02. The fourth-order valence-corrected chi connectivity index (χ4v) is 4.81. The smallest absolute Gasteiger partial charge is 0.257 e. The number of anilines is 2. The predicted molar refractivity (Wildman–Crippen MR) is 161 cm³/mol. The number of aliphatic hydroxyl groups excluding tert-OH is 1. The Bertz CT molecular complexity index is 1380. The number of nitrogens with zero attached hydrogens (tertiary/aromatic N) is 4. The van der Waals surface area contributed by atoms with Gasteiger partial charge < -0.3 is 30.6 Å². The van der Waals surface area contributed by atoms with Gasteiger partial charge in [0.2, 0.25) is 5.95 Å². The second-order valence-corrected chi connectivity index (χ2v) is 10.6. The summed E-state index contributed by atoms with van der Waals surface area (Å²) in [5, 5.41) is 36.3. The van der Waals surface area contributed by atoms with Gasteiger partial charge in [-0.2, -0.15) is 0 Å². The Hall–Kier alpha value is -4.12. The number of nitrogens with one attached hydrogen (secondary N) is 4. The van der Waals surface area contributed by atoms with Gasteiger partial charge in [0, 0.05) is 29.2 Å². The standard InChI is InChI=1S/C29H37ClN8O3/c1-18(12-33-17-31)41-27-11-21(9-10-25(27)30)22-13-34-29(35-14-22)36-26-15-38(23-7-5-4-6-8-23)37-28(26)40-16-24(19(2)32)20(3)39/h9-11,13-15,17-18,23,32,39H,4-8,12,16H2,1-3H3,(H2,31,33)(H,34,35,36)/b24-20-,32-19?/t18-/m0/s1. The molecule has 1 atom stereocenters. The molecule has 1 aliphatic rings. The van der Waals surface area contributed by atoms with Crippen LogP contribution in [0.3, 0.4) is 0 Å². The van der Waals surface area contributed by atoms with Gasteiger partial charge in [0.25, 0.3) is 5.88 Å². The van der Waals surface area contributed by atoms with E-state index in [0.29, 0.717) is 40.4 Å². The topological polar surface area (TPSA) is 154 Å². The second kappa shape index (κ2) is 14.0. The highest BCUT2D eigenvalue weighted by atomic mass is 35.5. The number of aliphatic hydroxyl groups is 1. The average molecular weight is 581 g/mol. The maximum absolute atomic E-state index is 9.98. The van der Waals surface area contributed by atoms with Crippen molar-refractivity contribution < 1.29 is 14.6 Å². The number of halogens is 1. The van der Waals surface area contributed by atoms with Crippen molar-refractivity contribution in [3.8, 4) is 22.8 Å². The van der Waals surface area contributed by atoms with Gasteiger partial charge >= 0.3 is 0 Å². The lowest BCUT2D eigenvalue weighted by molar-refractivity contribution is 0.225. The average Bonchev–Trinajstić information content (AvgIpc) is 3.36. The molecule has 5 N–H and O–H groups in total. The van der Waals surface area contributed by atoms with E-state index in [1.807, 2.05) is 29.9 Å². The van der Waals surface area contributed by atoms with Crippen LogP contribution in [0, 0.1) is 10.8 Å². The molecule has 0 bridgehead atoms. The van der Waals surface area contributed by atoms with Crippen molar-refractivity contribution in [1.29, 1.82) is 10.8 Å². The quantitative estimate of drug-likeness (QED) is 0.0876. The summed E-state index contributed by atoms with van der Waals surface area (Å²) >= 11 is 6.35. The molecule has 218 valence electrons. The van der Waals surface area contributed by atoms with Crippen LogP contribution in [0.4, 0.5) is 11.6 Å². The van der Waals surface area contributed by atoms with Crippen LogP contribution in [0.25, 0.3) is 11.1 Å². The molecule has 0 amide bonds. The van der Waals surface area contributed by atoms with Crippen LogP contribution < -0.4 is 20.1 Å². The minimum absolute atomic E-state index is 0.0187. The van der Waals surface area contributed by atoms with Crippen LogP contribution in [-0.2, 0) is 0 Å². The van der Waals surface area contributed by atoms with E-state index in [2.05, 4.69) is 20.6 Å². The summed E-state index contributed by atoms with van der Waals surface area (Å²) in [5.74, 6) is 1.31. The first kappa shape index (κ1) is 29.9. The van der Waals surface area contributed by atoms with Gasteiger partial charge in [-0.1, -0.05) is 36.9 Å². The summed E-state index contributed by atoms with van der Waals surface area (Å²) in [7, 11) is 0. The van der Waals surface area contributed by atoms with Crippen LogP contribution in [0.2, 0.25) is 5.02 Å². The number of aromatic nitrogens is 4. The molecule has 0 unspecified atom stereocenters. The Morgan fingerprint density at radius 1 is 1.20 bits per heavy atom. The first-order chi connectivity index (χ1) is 19.7. The Morgan fingerprint density at radius 2 is 1.93 bits per heavy atom. The Morgan fingerprint density at radius 3 is 2.59 bits per heavy atom. The van der Waals surface area contributed by atoms with E-state index < -0.39 is 0 Å². The third kappa shape index (κ3) is 7.97. The number of ether oxygens (including phenoxy) is 2. The van der Waals surface area contributed by atoms with Crippen molar-refractivity contribution >= 4 is 35.3 Å². The highest BCUT2D eigenvalue weighted by molar-refractivity contribution is 6.32. The highest BCUT2D eigenvalue weighted by Gasteiger charge is 2.21. The van der Waals surface area contributed by atoms with Gasteiger partial charge in [0.05, 0.1) is 35.9 Å². The second-order valence-electron chi connectivity index (χ2n) is 10.1. The largest absolute Gasteiger partial charge is 0.512 e. The lowest BCUT2D eigenvalue weighted by atomic mass is 9.96. The SMILES string of the molecule is CC(=N)/C(COc1nn(C2CCCCC2)cc1Nc1ncc(-c2ccc(Cl)c(O[C@@H](C)CNC=N)c2)cn1)=C(/C)O. The number of allylic oxidation sites excluding steroid dienone is 1. The minimum atomic E-state index is -0.186. The molecule has 12 heteroatoms. The van der Waals surface area contributed by atoms with Crippen molar-refractivity contribution in [2.24, 2.45) is 0 Å². The molecule has 0 saturated heterocycles. The molecular weight excluding hydrogens is 544 g/mol. The molecule has 1 aliphatic carbocycles. The Balaban J connectivity index is 1.53. The van der Waals surface area contributed by atoms with Crippen molar-refractivity contribution in [3.05, 3.63) is 53.1 Å². The molecule has 0 spiro atoms. The molecular formula is C29H37ClN8O3. The molecule has 1 fully saturated rings. The van der Waals surface area contributed by atoms with Crippen molar-refractivity contribution in [3.63, 3.8) is 0 Å². The molecule has 0 radical (unpaired) electrons. The molecule has 2 aromatic heterocycles. The van der Waals surface area contributed by atoms with Crippen LogP contribution in [0.5, 0.6) is 11.6 Å². The van der Waals surface area contributed by atoms with E-state index in [1.54, 1.807) is 25.4 Å². The number of benzene rings is 1. The van der Waals surface area contributed by atoms with Crippen LogP contribution in [0.1, 0.15) is 58.9 Å². The fraction of sp³-hybridized carbons (Fsp3) is 0.414. The number of hydrogen-bond donors (Lipinski definition) is 5. The summed E-state index contributed by atoms with van der Waals surface area (Å²) in [6.07, 6.45) is 11.9. The maximum Gasteiger partial charge on any atom is 0.257 e. The molecule has 1 saturated carbocycles. The van der Waals surface area contributed by atoms with Crippen molar-refractivity contribution in [1.82, 2.24) is 25.1 Å². The highest BCUT2D eigenvalue weighted by Crippen LogP contribution is 2.34. The zero-order valence-corrected chi connectivity index (χ0v) is 24.3. The molecule has 0 aliphatic heterocycles. The molecule has 41 heavy (non-hydrogen) atoms. The van der Waals surface area contributed by atoms with E-state index in [-0.39, 0.29) is 30.2 Å². The lowest BCUT2D eigenvalue weighted by Gasteiger charge is -2.21. The van der Waals surface area contributed by atoms with Crippen LogP contribution >= 0.6 is 11.6 Å². The monoisotopic (exact) mass is 580 g/mol. The van der Waals surface area contributed by atoms with Gasteiger partial charge in [-0.3, -0.25) is 10.1 Å². The predicted octanol–water partition coefficient (Wildman–Crippen LogP) is 6.46. The number of rotatable bonds is 13. The van der Waals surface area contributed by atoms with Crippen LogP contribution in [0.15, 0.2) is 48.1 Å². The molecule has 1 aromatic carbocycles. The van der Waals surface area contributed by atoms with Gasteiger partial charge in [-0.15, -0.1) is 5.10 Å². The third-order valence-corrected chi connectivity index (χ3v) is 7.20. The van der Waals surface area contributed by atoms with E-state index in [0.717, 1.165) is 43.1 Å². The summed E-state index contributed by atoms with van der Waals surface area (Å²) in [6, 6.07) is 5.77. The van der Waals surface area contributed by atoms with Gasteiger partial charge in [-0.25, -0.2) is 9.97 Å². The van der Waals surface area contributed by atoms with Crippen molar-refractivity contribution in [2.45, 2.75) is 65.0 Å². The van der Waals surface area contributed by atoms with Gasteiger partial charge in [0.1, 0.15) is 24.1 Å². The van der Waals surface area contributed by atoms with Crippen LogP contribution in [-0.4, -0.2) is 56.2 Å². The molecule has 11 nitrogen and oxygen atoms in total. The first-order valence-corrected chi connectivity index (χ1v) is 14.1. The van der Waals surface area contributed by atoms with Gasteiger partial charge in [-0.05, 0) is 51.3 Å².